The summed E-state index contributed by atoms with van der Waals surface area (Å²) in [5.41, 5.74) is 5.28. The molecule has 0 bridgehead atoms. The van der Waals surface area contributed by atoms with E-state index in [2.05, 4.69) is 10.6 Å². The van der Waals surface area contributed by atoms with Crippen molar-refractivity contribution >= 4 is 6.03 Å². The minimum absolute atomic E-state index is 0.0503. The summed E-state index contributed by atoms with van der Waals surface area (Å²) in [5, 5.41) is 5.80. The van der Waals surface area contributed by atoms with E-state index in [4.69, 9.17) is 10.5 Å². The molecule has 0 atom stereocenters. The standard InChI is InChI=1S/C11H23N3O2/c12-6-9-16-8-3-7-13-11(15)14-10-4-1-2-5-10/h10H,1-9,12H2,(H2,13,14,15). The normalized spacial score (nSPS) is 16.3. The van der Waals surface area contributed by atoms with Gasteiger partial charge in [-0.3, -0.25) is 0 Å². The Morgan fingerprint density at radius 1 is 1.31 bits per heavy atom. The Morgan fingerprint density at radius 3 is 2.75 bits per heavy atom. The molecule has 1 rings (SSSR count). The first-order valence-electron chi connectivity index (χ1n) is 6.15. The van der Waals surface area contributed by atoms with Crippen LogP contribution in [0, 0.1) is 0 Å². The minimum Gasteiger partial charge on any atom is -0.380 e. The van der Waals surface area contributed by atoms with Crippen LogP contribution < -0.4 is 16.4 Å². The zero-order chi connectivity index (χ0) is 11.6. The smallest absolute Gasteiger partial charge is 0.315 e. The van der Waals surface area contributed by atoms with Crippen molar-refractivity contribution in [3.8, 4) is 0 Å². The number of nitrogens with one attached hydrogen (secondary N) is 2. The Kier molecular flexibility index (Phi) is 6.92. The SMILES string of the molecule is NCCOCCCNC(=O)NC1CCCC1. The van der Waals surface area contributed by atoms with Crippen LogP contribution in [0.25, 0.3) is 0 Å². The Balaban J connectivity index is 1.89. The van der Waals surface area contributed by atoms with Crippen LogP contribution in [0.4, 0.5) is 4.79 Å². The summed E-state index contributed by atoms with van der Waals surface area (Å²) in [6, 6.07) is 0.333. The molecule has 2 amide bonds. The number of nitrogens with two attached hydrogens (primary N) is 1. The molecular formula is C11H23N3O2. The summed E-state index contributed by atoms with van der Waals surface area (Å²) in [6.45, 7) is 2.45. The first-order valence-corrected chi connectivity index (χ1v) is 6.15. The fraction of sp³-hybridized carbons (Fsp3) is 0.909. The van der Waals surface area contributed by atoms with Crippen molar-refractivity contribution in [2.45, 2.75) is 38.1 Å². The van der Waals surface area contributed by atoms with Gasteiger partial charge in [0.05, 0.1) is 6.61 Å². The minimum atomic E-state index is -0.0503. The van der Waals surface area contributed by atoms with Gasteiger partial charge in [-0.25, -0.2) is 4.79 Å². The van der Waals surface area contributed by atoms with Gasteiger partial charge >= 0.3 is 6.03 Å². The highest BCUT2D eigenvalue weighted by atomic mass is 16.5. The summed E-state index contributed by atoms with van der Waals surface area (Å²) in [7, 11) is 0. The van der Waals surface area contributed by atoms with Crippen molar-refractivity contribution in [3.05, 3.63) is 0 Å². The molecule has 0 saturated heterocycles. The van der Waals surface area contributed by atoms with E-state index in [1.54, 1.807) is 0 Å². The third kappa shape index (κ3) is 5.92. The predicted molar refractivity (Wildman–Crippen MR) is 63.3 cm³/mol. The lowest BCUT2D eigenvalue weighted by Crippen LogP contribution is -2.41. The molecule has 0 unspecified atom stereocenters. The van der Waals surface area contributed by atoms with Crippen LogP contribution in [0.5, 0.6) is 0 Å². The molecule has 5 nitrogen and oxygen atoms in total. The van der Waals surface area contributed by atoms with E-state index in [9.17, 15) is 4.79 Å². The fourth-order valence-corrected chi connectivity index (χ4v) is 1.87. The highest BCUT2D eigenvalue weighted by Gasteiger charge is 2.16. The number of amides is 2. The van der Waals surface area contributed by atoms with Gasteiger partial charge in [-0.05, 0) is 19.3 Å². The van der Waals surface area contributed by atoms with Crippen LogP contribution in [0.1, 0.15) is 32.1 Å². The van der Waals surface area contributed by atoms with Crippen molar-refractivity contribution in [2.75, 3.05) is 26.3 Å². The van der Waals surface area contributed by atoms with Gasteiger partial charge in [-0.1, -0.05) is 12.8 Å². The van der Waals surface area contributed by atoms with Crippen LogP contribution in [0.3, 0.4) is 0 Å². The first kappa shape index (κ1) is 13.3. The Labute approximate surface area is 97.1 Å². The van der Waals surface area contributed by atoms with Gasteiger partial charge in [-0.15, -0.1) is 0 Å². The zero-order valence-electron chi connectivity index (χ0n) is 9.84. The van der Waals surface area contributed by atoms with E-state index >= 15 is 0 Å². The van der Waals surface area contributed by atoms with Crippen molar-refractivity contribution in [1.29, 1.82) is 0 Å². The predicted octanol–water partition coefficient (Wildman–Crippen LogP) is 0.594. The van der Waals surface area contributed by atoms with E-state index < -0.39 is 0 Å². The van der Waals surface area contributed by atoms with Crippen molar-refractivity contribution < 1.29 is 9.53 Å². The van der Waals surface area contributed by atoms with Gasteiger partial charge in [0.2, 0.25) is 0 Å². The van der Waals surface area contributed by atoms with Gasteiger partial charge < -0.3 is 21.1 Å². The molecule has 0 aromatic rings. The van der Waals surface area contributed by atoms with E-state index in [-0.39, 0.29) is 6.03 Å². The average molecular weight is 229 g/mol. The van der Waals surface area contributed by atoms with Gasteiger partial charge in [0.25, 0.3) is 0 Å². The number of carbonyl (C=O) groups is 1. The maximum Gasteiger partial charge on any atom is 0.315 e. The summed E-state index contributed by atoms with van der Waals surface area (Å²) >= 11 is 0. The number of hydrogen-bond donors (Lipinski definition) is 3. The first-order chi connectivity index (χ1) is 7.83. The van der Waals surface area contributed by atoms with Crippen LogP contribution >= 0.6 is 0 Å². The second-order valence-electron chi connectivity index (χ2n) is 4.14. The third-order valence-electron chi connectivity index (χ3n) is 2.70. The molecule has 5 heteroatoms. The fourth-order valence-electron chi connectivity index (χ4n) is 1.87. The lowest BCUT2D eigenvalue weighted by atomic mass is 10.2. The Hall–Kier alpha value is -0.810. The second kappa shape index (κ2) is 8.35. The van der Waals surface area contributed by atoms with Crippen LogP contribution in [-0.4, -0.2) is 38.4 Å². The van der Waals surface area contributed by atoms with Crippen molar-refractivity contribution in [2.24, 2.45) is 5.73 Å². The zero-order valence-corrected chi connectivity index (χ0v) is 9.84. The monoisotopic (exact) mass is 229 g/mol. The van der Waals surface area contributed by atoms with Crippen LogP contribution in [-0.2, 0) is 4.74 Å². The van der Waals surface area contributed by atoms with Gasteiger partial charge in [0.15, 0.2) is 0 Å². The van der Waals surface area contributed by atoms with Crippen molar-refractivity contribution in [3.63, 3.8) is 0 Å². The molecule has 0 heterocycles. The number of rotatable bonds is 7. The maximum atomic E-state index is 11.4. The topological polar surface area (TPSA) is 76.4 Å². The molecule has 0 aromatic heterocycles. The molecule has 16 heavy (non-hydrogen) atoms. The van der Waals surface area contributed by atoms with E-state index in [0.29, 0.717) is 32.3 Å². The molecular weight excluding hydrogens is 206 g/mol. The molecule has 4 N–H and O–H groups in total. The lowest BCUT2D eigenvalue weighted by molar-refractivity contribution is 0.139. The van der Waals surface area contributed by atoms with Gasteiger partial charge in [0.1, 0.15) is 0 Å². The van der Waals surface area contributed by atoms with Gasteiger partial charge in [-0.2, -0.15) is 0 Å². The number of ether oxygens (including phenoxy) is 1. The number of urea groups is 1. The van der Waals surface area contributed by atoms with Crippen LogP contribution in [0.15, 0.2) is 0 Å². The molecule has 1 aliphatic carbocycles. The third-order valence-corrected chi connectivity index (χ3v) is 2.70. The summed E-state index contributed by atoms with van der Waals surface area (Å²) in [5.74, 6) is 0. The highest BCUT2D eigenvalue weighted by Crippen LogP contribution is 2.17. The summed E-state index contributed by atoms with van der Waals surface area (Å²) in [6.07, 6.45) is 5.54. The number of hydrogen-bond acceptors (Lipinski definition) is 3. The molecule has 1 fully saturated rings. The summed E-state index contributed by atoms with van der Waals surface area (Å²) in [4.78, 5) is 11.4. The highest BCUT2D eigenvalue weighted by molar-refractivity contribution is 5.74. The van der Waals surface area contributed by atoms with E-state index in [1.165, 1.54) is 12.8 Å². The average Bonchev–Trinajstić information content (AvgIpc) is 2.76. The molecule has 1 aliphatic rings. The largest absolute Gasteiger partial charge is 0.380 e. The second-order valence-corrected chi connectivity index (χ2v) is 4.14. The molecule has 0 spiro atoms. The van der Waals surface area contributed by atoms with E-state index in [1.807, 2.05) is 0 Å². The Morgan fingerprint density at radius 2 is 2.06 bits per heavy atom. The maximum absolute atomic E-state index is 11.4. The quantitative estimate of drug-likeness (QED) is 0.559. The molecule has 1 saturated carbocycles. The molecule has 0 aliphatic heterocycles. The van der Waals surface area contributed by atoms with Crippen molar-refractivity contribution in [1.82, 2.24) is 10.6 Å². The van der Waals surface area contributed by atoms with Crippen LogP contribution in [0.2, 0.25) is 0 Å². The summed E-state index contributed by atoms with van der Waals surface area (Å²) < 4.78 is 5.20. The molecule has 0 aromatic carbocycles. The number of carbonyl (C=O) groups excluding carboxylic acids is 1. The van der Waals surface area contributed by atoms with Gasteiger partial charge in [0, 0.05) is 25.7 Å². The Bertz CT molecular complexity index is 194. The van der Waals surface area contributed by atoms with E-state index in [0.717, 1.165) is 19.3 Å². The molecule has 94 valence electrons. The lowest BCUT2D eigenvalue weighted by Gasteiger charge is -2.12. The molecule has 0 radical (unpaired) electrons.